The Kier molecular flexibility index (Phi) is 4.06. The predicted molar refractivity (Wildman–Crippen MR) is 51.9 cm³/mol. The van der Waals surface area contributed by atoms with Crippen LogP contribution in [-0.4, -0.2) is 19.6 Å². The summed E-state index contributed by atoms with van der Waals surface area (Å²) in [5.41, 5.74) is -1.56. The molecule has 1 amide bonds. The van der Waals surface area contributed by atoms with Gasteiger partial charge >= 0.3 is 6.18 Å². The van der Waals surface area contributed by atoms with Gasteiger partial charge in [-0.3, -0.25) is 4.79 Å². The molecule has 94 valence electrons. The van der Waals surface area contributed by atoms with Crippen molar-refractivity contribution >= 4 is 11.6 Å². The number of benzene rings is 1. The third kappa shape index (κ3) is 3.70. The first-order valence-electron chi connectivity index (χ1n) is 4.50. The molecule has 0 radical (unpaired) electrons. The van der Waals surface area contributed by atoms with Gasteiger partial charge in [0, 0.05) is 12.8 Å². The smallest absolute Gasteiger partial charge is 0.375 e. The van der Waals surface area contributed by atoms with Crippen LogP contribution in [0.4, 0.5) is 23.2 Å². The van der Waals surface area contributed by atoms with Crippen LogP contribution in [0.3, 0.4) is 0 Å². The average molecular weight is 251 g/mol. The molecule has 0 aliphatic rings. The maximum atomic E-state index is 12.9. The largest absolute Gasteiger partial charge is 0.419 e. The quantitative estimate of drug-likeness (QED) is 0.838. The van der Waals surface area contributed by atoms with E-state index in [4.69, 9.17) is 0 Å². The van der Waals surface area contributed by atoms with Crippen LogP contribution in [0.15, 0.2) is 18.2 Å². The van der Waals surface area contributed by atoms with E-state index in [2.05, 4.69) is 10.1 Å². The second-order valence-corrected chi connectivity index (χ2v) is 3.17. The summed E-state index contributed by atoms with van der Waals surface area (Å²) in [6, 6.07) is 2.21. The Labute approximate surface area is 94.4 Å². The van der Waals surface area contributed by atoms with Crippen molar-refractivity contribution in [2.45, 2.75) is 6.18 Å². The van der Waals surface area contributed by atoms with E-state index in [1.165, 1.54) is 7.11 Å². The van der Waals surface area contributed by atoms with E-state index in [-0.39, 0.29) is 12.3 Å². The minimum Gasteiger partial charge on any atom is -0.375 e. The molecule has 0 saturated heterocycles. The van der Waals surface area contributed by atoms with E-state index < -0.39 is 23.5 Å². The molecule has 0 heterocycles. The van der Waals surface area contributed by atoms with Crippen molar-refractivity contribution in [1.29, 1.82) is 0 Å². The lowest BCUT2D eigenvalue weighted by atomic mass is 10.2. The molecule has 3 nitrogen and oxygen atoms in total. The molecule has 0 aliphatic heterocycles. The Morgan fingerprint density at radius 1 is 1.41 bits per heavy atom. The number of nitrogens with one attached hydrogen (secondary N) is 1. The van der Waals surface area contributed by atoms with E-state index >= 15 is 0 Å². The first-order valence-corrected chi connectivity index (χ1v) is 4.50. The van der Waals surface area contributed by atoms with Gasteiger partial charge in [-0.05, 0) is 18.2 Å². The molecule has 1 aromatic carbocycles. The van der Waals surface area contributed by atoms with E-state index in [0.29, 0.717) is 12.1 Å². The van der Waals surface area contributed by atoms with Crippen LogP contribution >= 0.6 is 0 Å². The zero-order chi connectivity index (χ0) is 13.1. The fraction of sp³-hybridized carbons (Fsp3) is 0.300. The number of carbonyl (C=O) groups excluding carboxylic acids is 1. The number of halogens is 4. The second-order valence-electron chi connectivity index (χ2n) is 3.17. The molecule has 17 heavy (non-hydrogen) atoms. The maximum Gasteiger partial charge on any atom is 0.419 e. The lowest BCUT2D eigenvalue weighted by molar-refractivity contribution is -0.140. The number of anilines is 1. The molecule has 0 aromatic heterocycles. The molecule has 0 bridgehead atoms. The molecule has 0 saturated carbocycles. The van der Waals surface area contributed by atoms with Crippen molar-refractivity contribution in [3.63, 3.8) is 0 Å². The van der Waals surface area contributed by atoms with Crippen molar-refractivity contribution in [3.8, 4) is 0 Å². The van der Waals surface area contributed by atoms with E-state index in [0.717, 1.165) is 6.07 Å². The summed E-state index contributed by atoms with van der Waals surface area (Å²) in [7, 11) is 1.27. The Bertz CT molecular complexity index is 417. The average Bonchev–Trinajstić information content (AvgIpc) is 2.19. The number of alkyl halides is 3. The minimum atomic E-state index is -4.80. The van der Waals surface area contributed by atoms with Gasteiger partial charge in [0.15, 0.2) is 0 Å². The van der Waals surface area contributed by atoms with Crippen molar-refractivity contribution in [1.82, 2.24) is 0 Å². The SMILES string of the molecule is COCC(=O)Nc1ccc(F)c(C(F)(F)F)c1. The number of methoxy groups -OCH3 is 1. The fourth-order valence-corrected chi connectivity index (χ4v) is 1.15. The summed E-state index contributed by atoms with van der Waals surface area (Å²) in [4.78, 5) is 11.0. The summed E-state index contributed by atoms with van der Waals surface area (Å²) in [5.74, 6) is -2.01. The highest BCUT2D eigenvalue weighted by molar-refractivity contribution is 5.91. The normalized spacial score (nSPS) is 11.4. The summed E-state index contributed by atoms with van der Waals surface area (Å²) >= 11 is 0. The van der Waals surface area contributed by atoms with E-state index in [9.17, 15) is 22.4 Å². The van der Waals surface area contributed by atoms with Gasteiger partial charge in [-0.25, -0.2) is 4.39 Å². The van der Waals surface area contributed by atoms with Crippen molar-refractivity contribution in [2.24, 2.45) is 0 Å². The number of ether oxygens (including phenoxy) is 1. The molecule has 0 fully saturated rings. The van der Waals surface area contributed by atoms with Gasteiger partial charge in [0.05, 0.1) is 5.56 Å². The number of hydrogen-bond acceptors (Lipinski definition) is 2. The van der Waals surface area contributed by atoms with Crippen LogP contribution in [0.1, 0.15) is 5.56 Å². The van der Waals surface area contributed by atoms with Gasteiger partial charge in [0.1, 0.15) is 12.4 Å². The third-order valence-electron chi connectivity index (χ3n) is 1.83. The minimum absolute atomic E-state index is 0.138. The topological polar surface area (TPSA) is 38.3 Å². The van der Waals surface area contributed by atoms with Gasteiger partial charge in [-0.15, -0.1) is 0 Å². The van der Waals surface area contributed by atoms with Crippen LogP contribution in [0.2, 0.25) is 0 Å². The van der Waals surface area contributed by atoms with Crippen molar-refractivity contribution < 1.29 is 27.1 Å². The number of rotatable bonds is 3. The Morgan fingerprint density at radius 2 is 2.06 bits per heavy atom. The number of carbonyl (C=O) groups is 1. The molecule has 0 unspecified atom stereocenters. The molecule has 0 aliphatic carbocycles. The third-order valence-corrected chi connectivity index (χ3v) is 1.83. The van der Waals surface area contributed by atoms with Gasteiger partial charge in [-0.2, -0.15) is 13.2 Å². The zero-order valence-corrected chi connectivity index (χ0v) is 8.77. The lowest BCUT2D eigenvalue weighted by Gasteiger charge is -2.10. The van der Waals surface area contributed by atoms with E-state index in [1.54, 1.807) is 0 Å². The maximum absolute atomic E-state index is 12.9. The van der Waals surface area contributed by atoms with Gasteiger partial charge < -0.3 is 10.1 Å². The molecule has 0 atom stereocenters. The summed E-state index contributed by atoms with van der Waals surface area (Å²) < 4.78 is 54.4. The summed E-state index contributed by atoms with van der Waals surface area (Å²) in [6.45, 7) is -0.293. The molecule has 1 N–H and O–H groups in total. The molecule has 1 aromatic rings. The van der Waals surface area contributed by atoms with Crippen LogP contribution < -0.4 is 5.32 Å². The molecule has 0 spiro atoms. The van der Waals surface area contributed by atoms with E-state index in [1.807, 2.05) is 0 Å². The van der Waals surface area contributed by atoms with Crippen LogP contribution in [0.5, 0.6) is 0 Å². The Morgan fingerprint density at radius 3 is 2.59 bits per heavy atom. The fourth-order valence-electron chi connectivity index (χ4n) is 1.15. The number of hydrogen-bond donors (Lipinski definition) is 1. The highest BCUT2D eigenvalue weighted by Gasteiger charge is 2.34. The van der Waals surface area contributed by atoms with Gasteiger partial charge in [-0.1, -0.05) is 0 Å². The van der Waals surface area contributed by atoms with Crippen LogP contribution in [-0.2, 0) is 15.7 Å². The molecule has 1 rings (SSSR count). The highest BCUT2D eigenvalue weighted by Crippen LogP contribution is 2.32. The Hall–Kier alpha value is -1.63. The van der Waals surface area contributed by atoms with Gasteiger partial charge in [0.2, 0.25) is 5.91 Å². The van der Waals surface area contributed by atoms with Crippen LogP contribution in [0, 0.1) is 5.82 Å². The zero-order valence-electron chi connectivity index (χ0n) is 8.77. The highest BCUT2D eigenvalue weighted by atomic mass is 19.4. The van der Waals surface area contributed by atoms with Crippen molar-refractivity contribution in [2.75, 3.05) is 19.0 Å². The Balaban J connectivity index is 2.93. The summed E-state index contributed by atoms with van der Waals surface area (Å²) in [5, 5.41) is 2.15. The second kappa shape index (κ2) is 5.13. The molecular formula is C10H9F4NO2. The number of amides is 1. The van der Waals surface area contributed by atoms with Gasteiger partial charge in [0.25, 0.3) is 0 Å². The first kappa shape index (κ1) is 13.4. The van der Waals surface area contributed by atoms with Crippen molar-refractivity contribution in [3.05, 3.63) is 29.6 Å². The van der Waals surface area contributed by atoms with Crippen LogP contribution in [0.25, 0.3) is 0 Å². The summed E-state index contributed by atoms with van der Waals surface area (Å²) in [6.07, 6.45) is -4.80. The molecule has 7 heteroatoms. The lowest BCUT2D eigenvalue weighted by Crippen LogP contribution is -2.18. The predicted octanol–water partition coefficient (Wildman–Crippen LogP) is 2.43. The molecular weight excluding hydrogens is 242 g/mol. The standard InChI is InChI=1S/C10H9F4NO2/c1-17-5-9(16)15-6-2-3-8(11)7(4-6)10(12,13)14/h2-4H,5H2,1H3,(H,15,16). The monoisotopic (exact) mass is 251 g/mol. The first-order chi connectivity index (χ1) is 7.84.